The summed E-state index contributed by atoms with van der Waals surface area (Å²) in [6.07, 6.45) is 3.20. The molecule has 0 atom stereocenters. The number of aromatic nitrogens is 1. The number of fused-ring (bicyclic) bond motifs is 1. The van der Waals surface area contributed by atoms with Crippen molar-refractivity contribution in [1.82, 2.24) is 15.2 Å². The number of nitrogens with zero attached hydrogens (tertiary/aromatic N) is 4. The van der Waals surface area contributed by atoms with E-state index in [4.69, 9.17) is 11.5 Å². The summed E-state index contributed by atoms with van der Waals surface area (Å²) in [6, 6.07) is 0. The first kappa shape index (κ1) is 20.9. The Morgan fingerprint density at radius 3 is 2.84 bits per heavy atom. The molecule has 1 aliphatic carbocycles. The van der Waals surface area contributed by atoms with Gasteiger partial charge < -0.3 is 16.4 Å². The fraction of sp³-hybridized carbons (Fsp3) is 0.333. The van der Waals surface area contributed by atoms with Crippen molar-refractivity contribution in [3.05, 3.63) is 52.0 Å². The number of nitrogens with two attached hydrogens (primary N) is 2. The minimum atomic E-state index is -1.01. The zero-order valence-electron chi connectivity index (χ0n) is 17.3. The van der Waals surface area contributed by atoms with Crippen LogP contribution in [-0.2, 0) is 4.79 Å². The highest BCUT2D eigenvalue weighted by atomic mass is 19.1. The fourth-order valence-electron chi connectivity index (χ4n) is 3.75. The van der Waals surface area contributed by atoms with Crippen molar-refractivity contribution in [2.75, 3.05) is 19.8 Å². The molecule has 0 saturated carbocycles. The van der Waals surface area contributed by atoms with Gasteiger partial charge in [-0.3, -0.25) is 10.1 Å². The number of guanidine groups is 1. The quantitative estimate of drug-likeness (QED) is 0.500. The Labute approximate surface area is 178 Å². The second kappa shape index (κ2) is 8.03. The average Bonchev–Trinajstić information content (AvgIpc) is 3.25. The van der Waals surface area contributed by atoms with Crippen LogP contribution in [0.1, 0.15) is 36.5 Å². The van der Waals surface area contributed by atoms with Crippen LogP contribution in [0.5, 0.6) is 0 Å². The van der Waals surface area contributed by atoms with Crippen molar-refractivity contribution < 1.29 is 13.6 Å². The lowest BCUT2D eigenvalue weighted by Gasteiger charge is -2.23. The molecule has 0 spiro atoms. The van der Waals surface area contributed by atoms with Crippen molar-refractivity contribution in [1.29, 1.82) is 0 Å². The Hall–Kier alpha value is -3.40. The molecular formula is C21H23F2N7O. The number of allylic oxidation sites excluding steroid dienone is 5. The number of hydrogen-bond acceptors (Lipinski definition) is 6. The molecule has 0 radical (unpaired) electrons. The molecule has 0 unspecified atom stereocenters. The number of Topliss-reactive ketones (excluding diaryl/α,β-unsaturated/α-hetero) is 1. The van der Waals surface area contributed by atoms with Crippen LogP contribution in [0.15, 0.2) is 45.3 Å². The fourth-order valence-corrected chi connectivity index (χ4v) is 3.75. The zero-order chi connectivity index (χ0) is 22.3. The number of ketones is 1. The van der Waals surface area contributed by atoms with E-state index in [1.807, 2.05) is 11.8 Å². The van der Waals surface area contributed by atoms with Crippen LogP contribution in [0.2, 0.25) is 0 Å². The van der Waals surface area contributed by atoms with E-state index in [0.29, 0.717) is 24.0 Å². The smallest absolute Gasteiger partial charge is 0.217 e. The Balaban J connectivity index is 1.62. The van der Waals surface area contributed by atoms with Gasteiger partial charge in [-0.25, -0.2) is 23.7 Å². The average molecular weight is 427 g/mol. The molecule has 1 saturated heterocycles. The van der Waals surface area contributed by atoms with Crippen LogP contribution in [0.25, 0.3) is 5.57 Å². The number of carbonyl (C=O) groups is 1. The molecule has 2 aliphatic heterocycles. The molecule has 1 fully saturated rings. The SMILES string of the molecule is C/C(=C\N=C(N)N1CCNC1)c1cnc2c(c1C)C(C(=O)C1=C(F)CCC(N)=C1F)=N2. The minimum Gasteiger partial charge on any atom is -0.400 e. The summed E-state index contributed by atoms with van der Waals surface area (Å²) in [5.41, 5.74) is 13.5. The van der Waals surface area contributed by atoms with Gasteiger partial charge in [0.15, 0.2) is 17.6 Å². The van der Waals surface area contributed by atoms with Gasteiger partial charge in [0, 0.05) is 43.2 Å². The highest BCUT2D eigenvalue weighted by molar-refractivity contribution is 6.55. The summed E-state index contributed by atoms with van der Waals surface area (Å²) in [6.45, 7) is 5.93. The second-order valence-electron chi connectivity index (χ2n) is 7.63. The van der Waals surface area contributed by atoms with Gasteiger partial charge in [0.25, 0.3) is 0 Å². The van der Waals surface area contributed by atoms with Crippen LogP contribution in [0.4, 0.5) is 14.6 Å². The third kappa shape index (κ3) is 3.63. The van der Waals surface area contributed by atoms with Crippen molar-refractivity contribution >= 4 is 28.8 Å². The molecule has 10 heteroatoms. The molecule has 1 aromatic rings. The highest BCUT2D eigenvalue weighted by Crippen LogP contribution is 2.38. The predicted molar refractivity (Wildman–Crippen MR) is 115 cm³/mol. The van der Waals surface area contributed by atoms with Gasteiger partial charge in [-0.2, -0.15) is 0 Å². The summed E-state index contributed by atoms with van der Waals surface area (Å²) in [7, 11) is 0. The van der Waals surface area contributed by atoms with Gasteiger partial charge in [0.2, 0.25) is 5.78 Å². The normalized spacial score (nSPS) is 19.5. The van der Waals surface area contributed by atoms with E-state index in [-0.39, 0.29) is 24.3 Å². The first-order chi connectivity index (χ1) is 14.8. The molecule has 8 nitrogen and oxygen atoms in total. The van der Waals surface area contributed by atoms with Crippen molar-refractivity contribution in [2.24, 2.45) is 21.5 Å². The van der Waals surface area contributed by atoms with E-state index in [2.05, 4.69) is 20.3 Å². The molecule has 4 rings (SSSR count). The van der Waals surface area contributed by atoms with Gasteiger partial charge in [-0.1, -0.05) is 0 Å². The number of hydrogen-bond donors (Lipinski definition) is 3. The topological polar surface area (TPSA) is 122 Å². The molecule has 1 aromatic heterocycles. The maximum absolute atomic E-state index is 14.4. The van der Waals surface area contributed by atoms with Crippen molar-refractivity contribution in [3.63, 3.8) is 0 Å². The minimum absolute atomic E-state index is 0.0178. The number of aliphatic imine (C=N–C) groups is 2. The standard InChI is InChI=1S/C21H23F2N7O/c1-10(7-28-21(25)30-6-5-26-9-30)12-8-27-20-15(11(12)2)18(29-20)19(31)16-13(22)3-4-14(24)17(16)23/h7-8,26H,3-6,9,24H2,1-2H3,(H2,25,28)/b10-7+. The van der Waals surface area contributed by atoms with E-state index in [9.17, 15) is 13.6 Å². The van der Waals surface area contributed by atoms with Crippen LogP contribution < -0.4 is 16.8 Å². The van der Waals surface area contributed by atoms with Gasteiger partial charge in [0.1, 0.15) is 11.5 Å². The van der Waals surface area contributed by atoms with Gasteiger partial charge in [-0.05, 0) is 31.4 Å². The van der Waals surface area contributed by atoms with Crippen LogP contribution >= 0.6 is 0 Å². The summed E-state index contributed by atoms with van der Waals surface area (Å²) in [4.78, 5) is 27.4. The lowest BCUT2D eigenvalue weighted by atomic mass is 9.88. The molecule has 0 bridgehead atoms. The van der Waals surface area contributed by atoms with Gasteiger partial charge in [0.05, 0.1) is 17.8 Å². The number of pyridine rings is 1. The van der Waals surface area contributed by atoms with Gasteiger partial charge >= 0.3 is 0 Å². The third-order valence-electron chi connectivity index (χ3n) is 5.60. The number of nitrogens with one attached hydrogen (secondary N) is 1. The first-order valence-electron chi connectivity index (χ1n) is 9.92. The largest absolute Gasteiger partial charge is 0.400 e. The molecule has 0 aromatic carbocycles. The van der Waals surface area contributed by atoms with Crippen molar-refractivity contribution in [3.8, 4) is 0 Å². The summed E-state index contributed by atoms with van der Waals surface area (Å²) in [5, 5.41) is 3.18. The number of halogens is 2. The van der Waals surface area contributed by atoms with E-state index in [1.54, 1.807) is 19.3 Å². The maximum atomic E-state index is 14.4. The molecular weight excluding hydrogens is 404 g/mol. The molecule has 3 aliphatic rings. The zero-order valence-corrected chi connectivity index (χ0v) is 17.3. The molecule has 31 heavy (non-hydrogen) atoms. The predicted octanol–water partition coefficient (Wildman–Crippen LogP) is 2.09. The van der Waals surface area contributed by atoms with Crippen molar-refractivity contribution in [2.45, 2.75) is 26.7 Å². The summed E-state index contributed by atoms with van der Waals surface area (Å²) in [5.74, 6) is -1.89. The molecule has 0 amide bonds. The second-order valence-corrected chi connectivity index (χ2v) is 7.63. The molecule has 5 N–H and O–H groups in total. The Morgan fingerprint density at radius 1 is 1.35 bits per heavy atom. The maximum Gasteiger partial charge on any atom is 0.217 e. The van der Waals surface area contributed by atoms with Gasteiger partial charge in [-0.15, -0.1) is 0 Å². The molecule has 3 heterocycles. The molecule has 162 valence electrons. The van der Waals surface area contributed by atoms with E-state index in [1.165, 1.54) is 0 Å². The summed E-state index contributed by atoms with van der Waals surface area (Å²) < 4.78 is 28.6. The lowest BCUT2D eigenvalue weighted by molar-refractivity contribution is -0.109. The van der Waals surface area contributed by atoms with Crippen LogP contribution in [-0.4, -0.2) is 47.1 Å². The Morgan fingerprint density at radius 2 is 2.13 bits per heavy atom. The van der Waals surface area contributed by atoms with Crippen LogP contribution in [0.3, 0.4) is 0 Å². The third-order valence-corrected chi connectivity index (χ3v) is 5.60. The van der Waals surface area contributed by atoms with E-state index >= 15 is 0 Å². The summed E-state index contributed by atoms with van der Waals surface area (Å²) >= 11 is 0. The van der Waals surface area contributed by atoms with Crippen LogP contribution in [0, 0.1) is 6.92 Å². The highest BCUT2D eigenvalue weighted by Gasteiger charge is 2.36. The monoisotopic (exact) mass is 427 g/mol. The lowest BCUT2D eigenvalue weighted by Crippen LogP contribution is -2.35. The Bertz CT molecular complexity index is 1120. The first-order valence-corrected chi connectivity index (χ1v) is 9.92. The van der Waals surface area contributed by atoms with E-state index in [0.717, 1.165) is 29.8 Å². The number of rotatable bonds is 4. The number of carbonyl (C=O) groups excluding carboxylic acids is 1. The Kier molecular flexibility index (Phi) is 5.40. The van der Waals surface area contributed by atoms with E-state index < -0.39 is 23.0 Å².